The average Bonchev–Trinajstić information content (AvgIpc) is 2.75. The van der Waals surface area contributed by atoms with Gasteiger partial charge in [0.25, 0.3) is 0 Å². The molecule has 0 bridgehead atoms. The number of aliphatic carboxylic acids is 1. The van der Waals surface area contributed by atoms with E-state index in [2.05, 4.69) is 0 Å². The fourth-order valence-corrected chi connectivity index (χ4v) is 2.54. The first-order valence-corrected chi connectivity index (χ1v) is 6.43. The van der Waals surface area contributed by atoms with Crippen LogP contribution in [0.15, 0.2) is 24.3 Å². The quantitative estimate of drug-likeness (QED) is 0.603. The lowest BCUT2D eigenvalue weighted by Gasteiger charge is -2.34. The molecule has 0 saturated carbocycles. The number of likely N-dealkylation sites (tertiary alicyclic amines) is 1. The van der Waals surface area contributed by atoms with Crippen LogP contribution in [-0.4, -0.2) is 34.0 Å². The summed E-state index contributed by atoms with van der Waals surface area (Å²) in [6.07, 6.45) is 9.27. The molecule has 0 spiro atoms. The highest BCUT2D eigenvalue weighted by atomic mass is 16.4. The Morgan fingerprint density at radius 2 is 2.11 bits per heavy atom. The van der Waals surface area contributed by atoms with E-state index in [1.54, 1.807) is 12.2 Å². The molecule has 1 rings (SSSR count). The van der Waals surface area contributed by atoms with Gasteiger partial charge in [0, 0.05) is 12.6 Å². The van der Waals surface area contributed by atoms with Crippen LogP contribution in [-0.2, 0) is 9.59 Å². The van der Waals surface area contributed by atoms with Crippen LogP contribution >= 0.6 is 0 Å². The number of amides is 1. The molecule has 1 heterocycles. The summed E-state index contributed by atoms with van der Waals surface area (Å²) < 4.78 is 0. The van der Waals surface area contributed by atoms with Crippen molar-refractivity contribution in [3.05, 3.63) is 24.3 Å². The van der Waals surface area contributed by atoms with Gasteiger partial charge in [-0.25, -0.2) is 4.79 Å². The van der Waals surface area contributed by atoms with E-state index in [9.17, 15) is 14.7 Å². The Hall–Kier alpha value is -1.58. The number of carboxylic acids is 1. The highest BCUT2D eigenvalue weighted by Crippen LogP contribution is 2.34. The molecule has 100 valence electrons. The Morgan fingerprint density at radius 3 is 2.67 bits per heavy atom. The molecule has 1 N–H and O–H groups in total. The molecule has 0 aromatic rings. The van der Waals surface area contributed by atoms with E-state index in [-0.39, 0.29) is 5.91 Å². The smallest absolute Gasteiger partial charge is 0.329 e. The number of hydrogen-bond donors (Lipinski definition) is 1. The Balaban J connectivity index is 2.91. The van der Waals surface area contributed by atoms with Crippen molar-refractivity contribution in [1.82, 2.24) is 4.90 Å². The second kappa shape index (κ2) is 6.38. The fourth-order valence-electron chi connectivity index (χ4n) is 2.54. The van der Waals surface area contributed by atoms with Crippen LogP contribution in [0.3, 0.4) is 0 Å². The van der Waals surface area contributed by atoms with Crippen LogP contribution in [0.25, 0.3) is 0 Å². The second-order valence-electron chi connectivity index (χ2n) is 4.57. The fraction of sp³-hybridized carbons (Fsp3) is 0.571. The molecule has 1 unspecified atom stereocenters. The van der Waals surface area contributed by atoms with Gasteiger partial charge in [0.2, 0.25) is 5.91 Å². The van der Waals surface area contributed by atoms with Gasteiger partial charge in [0.15, 0.2) is 0 Å². The number of carbonyl (C=O) groups is 2. The summed E-state index contributed by atoms with van der Waals surface area (Å²) in [5.74, 6) is -1.09. The van der Waals surface area contributed by atoms with Crippen molar-refractivity contribution in [3.63, 3.8) is 0 Å². The van der Waals surface area contributed by atoms with Crippen molar-refractivity contribution in [3.8, 4) is 0 Å². The van der Waals surface area contributed by atoms with Crippen LogP contribution in [0.2, 0.25) is 0 Å². The standard InChI is InChI=1S/C14H21NO3/c1-3-5-6-8-12(16)15-11-7-10-14(15,9-4-2)13(17)18/h3,5-6,8H,4,7,9-11H2,1-2H3,(H,17,18)/b5-3?,8-6+. The van der Waals surface area contributed by atoms with Crippen molar-refractivity contribution in [2.24, 2.45) is 0 Å². The molecule has 1 aliphatic heterocycles. The number of carboxylic acid groups (broad SMARTS) is 1. The molecule has 1 fully saturated rings. The van der Waals surface area contributed by atoms with Crippen molar-refractivity contribution in [2.45, 2.75) is 45.1 Å². The zero-order chi connectivity index (χ0) is 13.6. The van der Waals surface area contributed by atoms with E-state index in [4.69, 9.17) is 0 Å². The third-order valence-electron chi connectivity index (χ3n) is 3.36. The maximum absolute atomic E-state index is 12.1. The van der Waals surface area contributed by atoms with E-state index in [1.807, 2.05) is 19.9 Å². The van der Waals surface area contributed by atoms with E-state index >= 15 is 0 Å². The molecule has 0 aromatic heterocycles. The monoisotopic (exact) mass is 251 g/mol. The Labute approximate surface area is 108 Å². The van der Waals surface area contributed by atoms with Crippen LogP contribution in [0, 0.1) is 0 Å². The molecule has 1 saturated heterocycles. The maximum atomic E-state index is 12.1. The number of allylic oxidation sites excluding steroid dienone is 3. The van der Waals surface area contributed by atoms with E-state index in [0.29, 0.717) is 19.4 Å². The summed E-state index contributed by atoms with van der Waals surface area (Å²) >= 11 is 0. The van der Waals surface area contributed by atoms with Crippen molar-refractivity contribution < 1.29 is 14.7 Å². The van der Waals surface area contributed by atoms with Crippen LogP contribution in [0.4, 0.5) is 0 Å². The van der Waals surface area contributed by atoms with Crippen molar-refractivity contribution in [2.75, 3.05) is 6.54 Å². The summed E-state index contributed by atoms with van der Waals surface area (Å²) in [4.78, 5) is 25.1. The van der Waals surface area contributed by atoms with E-state index in [0.717, 1.165) is 12.8 Å². The largest absolute Gasteiger partial charge is 0.479 e. The first-order valence-electron chi connectivity index (χ1n) is 6.43. The van der Waals surface area contributed by atoms with Gasteiger partial charge in [-0.05, 0) is 26.2 Å². The third-order valence-corrected chi connectivity index (χ3v) is 3.36. The normalized spacial score (nSPS) is 24.2. The minimum atomic E-state index is -0.994. The SMILES string of the molecule is CC=C/C=C/C(=O)N1CCCC1(CCC)C(=O)O. The van der Waals surface area contributed by atoms with Crippen LogP contribution in [0.1, 0.15) is 39.5 Å². The molecule has 1 aliphatic rings. The second-order valence-corrected chi connectivity index (χ2v) is 4.57. The zero-order valence-corrected chi connectivity index (χ0v) is 11.1. The van der Waals surface area contributed by atoms with Crippen LogP contribution in [0.5, 0.6) is 0 Å². The summed E-state index contributed by atoms with van der Waals surface area (Å²) in [5, 5.41) is 9.45. The summed E-state index contributed by atoms with van der Waals surface area (Å²) in [6.45, 7) is 4.34. The lowest BCUT2D eigenvalue weighted by molar-refractivity contribution is -0.155. The summed E-state index contributed by atoms with van der Waals surface area (Å²) in [7, 11) is 0. The highest BCUT2D eigenvalue weighted by Gasteiger charge is 2.48. The molecule has 0 radical (unpaired) electrons. The summed E-state index contributed by atoms with van der Waals surface area (Å²) in [6, 6.07) is 0. The van der Waals surface area contributed by atoms with Gasteiger partial charge in [-0.1, -0.05) is 31.6 Å². The number of rotatable bonds is 5. The number of carbonyl (C=O) groups excluding carboxylic acids is 1. The molecular weight excluding hydrogens is 230 g/mol. The topological polar surface area (TPSA) is 57.6 Å². The number of hydrogen-bond acceptors (Lipinski definition) is 2. The van der Waals surface area contributed by atoms with Gasteiger partial charge in [-0.15, -0.1) is 0 Å². The molecule has 4 nitrogen and oxygen atoms in total. The molecule has 1 atom stereocenters. The maximum Gasteiger partial charge on any atom is 0.329 e. The van der Waals surface area contributed by atoms with E-state index < -0.39 is 11.5 Å². The van der Waals surface area contributed by atoms with Gasteiger partial charge in [0.05, 0.1) is 0 Å². The van der Waals surface area contributed by atoms with Gasteiger partial charge in [0.1, 0.15) is 5.54 Å². The van der Waals surface area contributed by atoms with Gasteiger partial charge in [-0.2, -0.15) is 0 Å². The van der Waals surface area contributed by atoms with Gasteiger partial charge in [-0.3, -0.25) is 4.79 Å². The lowest BCUT2D eigenvalue weighted by Crippen LogP contribution is -2.52. The predicted molar refractivity (Wildman–Crippen MR) is 70.2 cm³/mol. The highest BCUT2D eigenvalue weighted by molar-refractivity contribution is 5.93. The Bertz CT molecular complexity index is 373. The van der Waals surface area contributed by atoms with Gasteiger partial charge >= 0.3 is 5.97 Å². The zero-order valence-electron chi connectivity index (χ0n) is 11.1. The third kappa shape index (κ3) is 2.81. The molecular formula is C14H21NO3. The minimum absolute atomic E-state index is 0.207. The number of nitrogens with zero attached hydrogens (tertiary/aromatic N) is 1. The predicted octanol–water partition coefficient (Wildman–Crippen LogP) is 2.36. The van der Waals surface area contributed by atoms with Crippen LogP contribution < -0.4 is 0 Å². The minimum Gasteiger partial charge on any atom is -0.479 e. The Kier molecular flexibility index (Phi) is 5.13. The molecule has 1 amide bonds. The van der Waals surface area contributed by atoms with Gasteiger partial charge < -0.3 is 10.0 Å². The van der Waals surface area contributed by atoms with E-state index in [1.165, 1.54) is 11.0 Å². The van der Waals surface area contributed by atoms with Crippen molar-refractivity contribution in [1.29, 1.82) is 0 Å². The average molecular weight is 251 g/mol. The molecule has 4 heteroatoms. The summed E-state index contributed by atoms with van der Waals surface area (Å²) in [5.41, 5.74) is -0.994. The molecule has 0 aliphatic carbocycles. The molecule has 0 aromatic carbocycles. The first-order chi connectivity index (χ1) is 8.58. The van der Waals surface area contributed by atoms with Crippen molar-refractivity contribution >= 4 is 11.9 Å². The molecule has 18 heavy (non-hydrogen) atoms. The first kappa shape index (κ1) is 14.5. The lowest BCUT2D eigenvalue weighted by atomic mass is 9.90. The Morgan fingerprint density at radius 1 is 1.39 bits per heavy atom.